The fraction of sp³-hybridized carbons (Fsp3) is 0.650. The zero-order valence-corrected chi connectivity index (χ0v) is 14.9. The van der Waals surface area contributed by atoms with E-state index in [-0.39, 0.29) is 5.91 Å². The highest BCUT2D eigenvalue weighted by Gasteiger charge is 2.29. The van der Waals surface area contributed by atoms with Crippen molar-refractivity contribution in [3.05, 3.63) is 35.9 Å². The van der Waals surface area contributed by atoms with Gasteiger partial charge in [-0.1, -0.05) is 37.3 Å². The Labute approximate surface area is 146 Å². The molecule has 2 atom stereocenters. The molecule has 3 rings (SSSR count). The van der Waals surface area contributed by atoms with Gasteiger partial charge in [-0.05, 0) is 50.9 Å². The second-order valence-electron chi connectivity index (χ2n) is 7.24. The van der Waals surface area contributed by atoms with Gasteiger partial charge < -0.3 is 5.32 Å². The first-order valence-electron chi connectivity index (χ1n) is 9.54. The highest BCUT2D eigenvalue weighted by Crippen LogP contribution is 2.21. The van der Waals surface area contributed by atoms with Crippen LogP contribution >= 0.6 is 0 Å². The van der Waals surface area contributed by atoms with E-state index in [9.17, 15) is 4.79 Å². The van der Waals surface area contributed by atoms with Crippen LogP contribution in [0.15, 0.2) is 30.3 Å². The Morgan fingerprint density at radius 1 is 1.21 bits per heavy atom. The van der Waals surface area contributed by atoms with Crippen LogP contribution < -0.4 is 5.32 Å². The lowest BCUT2D eigenvalue weighted by Crippen LogP contribution is -2.42. The summed E-state index contributed by atoms with van der Waals surface area (Å²) in [5.41, 5.74) is 1.32. The lowest BCUT2D eigenvalue weighted by molar-refractivity contribution is -0.122. The third-order valence-corrected chi connectivity index (χ3v) is 5.56. The molecule has 132 valence electrons. The third kappa shape index (κ3) is 4.58. The lowest BCUT2D eigenvalue weighted by Gasteiger charge is -2.25. The zero-order valence-electron chi connectivity index (χ0n) is 14.9. The molecule has 4 nitrogen and oxygen atoms in total. The monoisotopic (exact) mass is 329 g/mol. The van der Waals surface area contributed by atoms with Gasteiger partial charge in [0.2, 0.25) is 5.91 Å². The SMILES string of the molecule is CCC(CNC(=O)CN1CCCN2CCCC2C1)c1ccccc1. The van der Waals surface area contributed by atoms with Crippen LogP contribution in [0.2, 0.25) is 0 Å². The molecule has 0 spiro atoms. The van der Waals surface area contributed by atoms with Crippen molar-refractivity contribution < 1.29 is 4.79 Å². The van der Waals surface area contributed by atoms with E-state index in [0.717, 1.165) is 26.1 Å². The van der Waals surface area contributed by atoms with Gasteiger partial charge in [0, 0.05) is 25.0 Å². The number of hydrogen-bond donors (Lipinski definition) is 1. The summed E-state index contributed by atoms with van der Waals surface area (Å²) in [4.78, 5) is 17.4. The van der Waals surface area contributed by atoms with Crippen molar-refractivity contribution in [2.75, 3.05) is 39.3 Å². The van der Waals surface area contributed by atoms with E-state index in [0.29, 0.717) is 18.5 Å². The summed E-state index contributed by atoms with van der Waals surface area (Å²) in [6.45, 7) is 8.04. The normalized spacial score (nSPS) is 23.5. The molecule has 1 amide bonds. The molecule has 2 aliphatic heterocycles. The van der Waals surface area contributed by atoms with Gasteiger partial charge in [0.15, 0.2) is 0 Å². The first-order chi connectivity index (χ1) is 11.8. The Hall–Kier alpha value is -1.39. The van der Waals surface area contributed by atoms with E-state index in [2.05, 4.69) is 46.3 Å². The van der Waals surface area contributed by atoms with Crippen molar-refractivity contribution in [1.82, 2.24) is 15.1 Å². The first-order valence-corrected chi connectivity index (χ1v) is 9.54. The van der Waals surface area contributed by atoms with E-state index >= 15 is 0 Å². The molecule has 0 bridgehead atoms. The van der Waals surface area contributed by atoms with E-state index in [4.69, 9.17) is 0 Å². The summed E-state index contributed by atoms with van der Waals surface area (Å²) < 4.78 is 0. The minimum atomic E-state index is 0.177. The molecule has 0 aromatic heterocycles. The van der Waals surface area contributed by atoms with Crippen LogP contribution in [0.1, 0.15) is 44.1 Å². The molecule has 2 aliphatic rings. The maximum absolute atomic E-state index is 12.4. The molecule has 2 saturated heterocycles. The number of nitrogens with zero attached hydrogens (tertiary/aromatic N) is 2. The average molecular weight is 329 g/mol. The molecular formula is C20H31N3O. The Kier molecular flexibility index (Phi) is 6.27. The summed E-state index contributed by atoms with van der Waals surface area (Å²) in [6, 6.07) is 11.2. The molecule has 0 aliphatic carbocycles. The molecule has 1 aromatic rings. The summed E-state index contributed by atoms with van der Waals surface area (Å²) >= 11 is 0. The number of nitrogens with one attached hydrogen (secondary N) is 1. The molecule has 4 heteroatoms. The number of rotatable bonds is 6. The van der Waals surface area contributed by atoms with E-state index in [1.165, 1.54) is 37.9 Å². The number of carbonyl (C=O) groups excluding carboxylic acids is 1. The highest BCUT2D eigenvalue weighted by atomic mass is 16.2. The van der Waals surface area contributed by atoms with Gasteiger partial charge in [-0.3, -0.25) is 14.6 Å². The van der Waals surface area contributed by atoms with Crippen molar-refractivity contribution >= 4 is 5.91 Å². The minimum absolute atomic E-state index is 0.177. The standard InChI is InChI=1S/C20H31N3O/c1-2-17(18-8-4-3-5-9-18)14-21-20(24)16-22-11-7-13-23-12-6-10-19(23)15-22/h3-5,8-9,17,19H,2,6-7,10-16H2,1H3,(H,21,24). The highest BCUT2D eigenvalue weighted by molar-refractivity contribution is 5.78. The number of hydrogen-bond acceptors (Lipinski definition) is 3. The molecule has 0 saturated carbocycles. The average Bonchev–Trinajstić information content (AvgIpc) is 2.95. The predicted molar refractivity (Wildman–Crippen MR) is 98.1 cm³/mol. The van der Waals surface area contributed by atoms with Crippen molar-refractivity contribution in [3.63, 3.8) is 0 Å². The van der Waals surface area contributed by atoms with Crippen LogP contribution in [-0.4, -0.2) is 61.0 Å². The van der Waals surface area contributed by atoms with Crippen LogP contribution in [0.5, 0.6) is 0 Å². The fourth-order valence-corrected chi connectivity index (χ4v) is 4.15. The van der Waals surface area contributed by atoms with Gasteiger partial charge in [-0.25, -0.2) is 0 Å². The Bertz CT molecular complexity index is 519. The molecule has 2 heterocycles. The first kappa shape index (κ1) is 17.4. The Morgan fingerprint density at radius 3 is 2.79 bits per heavy atom. The van der Waals surface area contributed by atoms with E-state index in [1.54, 1.807) is 0 Å². The lowest BCUT2D eigenvalue weighted by atomic mass is 9.96. The minimum Gasteiger partial charge on any atom is -0.354 e. The maximum atomic E-state index is 12.4. The molecule has 24 heavy (non-hydrogen) atoms. The Morgan fingerprint density at radius 2 is 2.00 bits per heavy atom. The van der Waals surface area contributed by atoms with Crippen molar-refractivity contribution in [1.29, 1.82) is 0 Å². The molecule has 0 radical (unpaired) electrons. The van der Waals surface area contributed by atoms with Gasteiger partial charge >= 0.3 is 0 Å². The predicted octanol–water partition coefficient (Wildman–Crippen LogP) is 2.47. The van der Waals surface area contributed by atoms with Crippen LogP contribution in [-0.2, 0) is 4.79 Å². The molecular weight excluding hydrogens is 298 g/mol. The zero-order chi connectivity index (χ0) is 16.8. The Balaban J connectivity index is 1.46. The van der Waals surface area contributed by atoms with Crippen molar-refractivity contribution in [3.8, 4) is 0 Å². The largest absolute Gasteiger partial charge is 0.354 e. The van der Waals surface area contributed by atoms with Gasteiger partial charge in [-0.15, -0.1) is 0 Å². The number of fused-ring (bicyclic) bond motifs is 1. The summed E-state index contributed by atoms with van der Waals surface area (Å²) in [5, 5.41) is 3.17. The van der Waals surface area contributed by atoms with Crippen LogP contribution in [0.25, 0.3) is 0 Å². The topological polar surface area (TPSA) is 35.6 Å². The molecule has 2 unspecified atom stereocenters. The summed E-state index contributed by atoms with van der Waals surface area (Å²) in [7, 11) is 0. The van der Waals surface area contributed by atoms with Crippen LogP contribution in [0, 0.1) is 0 Å². The summed E-state index contributed by atoms with van der Waals surface area (Å²) in [6.07, 6.45) is 4.85. The van der Waals surface area contributed by atoms with Gasteiger partial charge in [0.05, 0.1) is 6.54 Å². The molecule has 1 N–H and O–H groups in total. The number of amides is 1. The van der Waals surface area contributed by atoms with E-state index < -0.39 is 0 Å². The molecule has 2 fully saturated rings. The van der Waals surface area contributed by atoms with E-state index in [1.807, 2.05) is 6.07 Å². The third-order valence-electron chi connectivity index (χ3n) is 5.56. The van der Waals surface area contributed by atoms with Crippen molar-refractivity contribution in [2.24, 2.45) is 0 Å². The van der Waals surface area contributed by atoms with Crippen molar-refractivity contribution in [2.45, 2.75) is 44.6 Å². The quantitative estimate of drug-likeness (QED) is 0.871. The van der Waals surface area contributed by atoms with Crippen LogP contribution in [0.4, 0.5) is 0 Å². The van der Waals surface area contributed by atoms with Gasteiger partial charge in [-0.2, -0.15) is 0 Å². The number of benzene rings is 1. The second kappa shape index (κ2) is 8.63. The fourth-order valence-electron chi connectivity index (χ4n) is 4.15. The summed E-state index contributed by atoms with van der Waals surface area (Å²) in [5.74, 6) is 0.584. The van der Waals surface area contributed by atoms with Crippen LogP contribution in [0.3, 0.4) is 0 Å². The van der Waals surface area contributed by atoms with Gasteiger partial charge in [0.1, 0.15) is 0 Å². The van der Waals surface area contributed by atoms with Gasteiger partial charge in [0.25, 0.3) is 0 Å². The number of carbonyl (C=O) groups is 1. The maximum Gasteiger partial charge on any atom is 0.234 e. The molecule has 1 aromatic carbocycles. The second-order valence-corrected chi connectivity index (χ2v) is 7.24. The smallest absolute Gasteiger partial charge is 0.234 e.